The van der Waals surface area contributed by atoms with Crippen molar-refractivity contribution in [3.05, 3.63) is 59.9 Å². The van der Waals surface area contributed by atoms with Gasteiger partial charge in [0, 0.05) is 6.04 Å². The van der Waals surface area contributed by atoms with Crippen molar-refractivity contribution in [3.8, 4) is 11.5 Å². The predicted molar refractivity (Wildman–Crippen MR) is 70.3 cm³/mol. The summed E-state index contributed by atoms with van der Waals surface area (Å²) >= 11 is 0. The molecule has 1 unspecified atom stereocenters. The van der Waals surface area contributed by atoms with Gasteiger partial charge in [0.2, 0.25) is 0 Å². The summed E-state index contributed by atoms with van der Waals surface area (Å²) in [7, 11) is 0. The van der Waals surface area contributed by atoms with E-state index in [2.05, 4.69) is 0 Å². The molecule has 0 bridgehead atoms. The Balaban J connectivity index is 2.17. The molecule has 0 saturated carbocycles. The minimum atomic E-state index is -0.366. The van der Waals surface area contributed by atoms with Crippen LogP contribution in [0.25, 0.3) is 0 Å². The van der Waals surface area contributed by atoms with Gasteiger partial charge < -0.3 is 10.5 Å². The first-order valence-corrected chi connectivity index (χ1v) is 5.92. The molecule has 2 aromatic rings. The number of ether oxygens (including phenoxy) is 1. The maximum Gasteiger partial charge on any atom is 0.165 e. The molecule has 0 saturated heterocycles. The molecule has 0 heterocycles. The minimum absolute atomic E-state index is 0.0914. The molecule has 0 aliphatic carbocycles. The predicted octanol–water partition coefficient (Wildman–Crippen LogP) is 3.51. The van der Waals surface area contributed by atoms with Crippen molar-refractivity contribution < 1.29 is 9.13 Å². The van der Waals surface area contributed by atoms with Crippen molar-refractivity contribution in [1.29, 1.82) is 0 Å². The van der Waals surface area contributed by atoms with Crippen LogP contribution in [-0.2, 0) is 6.42 Å². The Kier molecular flexibility index (Phi) is 3.95. The monoisotopic (exact) mass is 245 g/mol. The summed E-state index contributed by atoms with van der Waals surface area (Å²) in [6, 6.07) is 14.0. The van der Waals surface area contributed by atoms with Crippen molar-refractivity contribution in [2.75, 3.05) is 0 Å². The van der Waals surface area contributed by atoms with E-state index in [1.807, 2.05) is 25.1 Å². The van der Waals surface area contributed by atoms with E-state index in [9.17, 15) is 4.39 Å². The lowest BCUT2D eigenvalue weighted by atomic mass is 10.1. The second-order valence-electron chi connectivity index (χ2n) is 4.36. The Morgan fingerprint density at radius 1 is 1.17 bits per heavy atom. The first kappa shape index (κ1) is 12.6. The van der Waals surface area contributed by atoms with Crippen LogP contribution in [0.5, 0.6) is 11.5 Å². The van der Waals surface area contributed by atoms with Gasteiger partial charge in [-0.1, -0.05) is 24.3 Å². The largest absolute Gasteiger partial charge is 0.454 e. The van der Waals surface area contributed by atoms with Gasteiger partial charge in [-0.25, -0.2) is 4.39 Å². The van der Waals surface area contributed by atoms with Crippen LogP contribution in [0, 0.1) is 5.82 Å². The van der Waals surface area contributed by atoms with Crippen LogP contribution in [0.15, 0.2) is 48.5 Å². The van der Waals surface area contributed by atoms with Crippen LogP contribution in [0.2, 0.25) is 0 Å². The third-order valence-electron chi connectivity index (χ3n) is 2.52. The average Bonchev–Trinajstić information content (AvgIpc) is 2.32. The highest BCUT2D eigenvalue weighted by atomic mass is 19.1. The third kappa shape index (κ3) is 3.31. The fourth-order valence-electron chi connectivity index (χ4n) is 1.76. The summed E-state index contributed by atoms with van der Waals surface area (Å²) in [6.07, 6.45) is 0.772. The zero-order valence-corrected chi connectivity index (χ0v) is 10.3. The van der Waals surface area contributed by atoms with Gasteiger partial charge >= 0.3 is 0 Å². The quantitative estimate of drug-likeness (QED) is 0.894. The molecule has 94 valence electrons. The average molecular weight is 245 g/mol. The molecule has 0 amide bonds. The third-order valence-corrected chi connectivity index (χ3v) is 2.52. The molecular weight excluding hydrogens is 229 g/mol. The topological polar surface area (TPSA) is 35.2 Å². The summed E-state index contributed by atoms with van der Waals surface area (Å²) in [5, 5.41) is 0. The Bertz CT molecular complexity index is 525. The normalized spacial score (nSPS) is 12.2. The number of rotatable bonds is 4. The molecule has 2 nitrogen and oxygen atoms in total. The first-order valence-electron chi connectivity index (χ1n) is 5.92. The van der Waals surface area contributed by atoms with E-state index in [0.717, 1.165) is 12.0 Å². The van der Waals surface area contributed by atoms with Crippen LogP contribution in [0.3, 0.4) is 0 Å². The Hall–Kier alpha value is -1.87. The highest BCUT2D eigenvalue weighted by Crippen LogP contribution is 2.24. The van der Waals surface area contributed by atoms with Gasteiger partial charge in [-0.3, -0.25) is 0 Å². The maximum absolute atomic E-state index is 13.4. The summed E-state index contributed by atoms with van der Waals surface area (Å²) in [6.45, 7) is 1.95. The number of halogens is 1. The summed E-state index contributed by atoms with van der Waals surface area (Å²) in [5.41, 5.74) is 6.83. The zero-order chi connectivity index (χ0) is 13.0. The number of hydrogen-bond acceptors (Lipinski definition) is 2. The van der Waals surface area contributed by atoms with Gasteiger partial charge in [0.15, 0.2) is 11.6 Å². The van der Waals surface area contributed by atoms with Crippen molar-refractivity contribution >= 4 is 0 Å². The van der Waals surface area contributed by atoms with E-state index in [1.54, 1.807) is 24.3 Å². The molecule has 0 aliphatic rings. The smallest absolute Gasteiger partial charge is 0.165 e. The fraction of sp³-hybridized carbons (Fsp3) is 0.200. The minimum Gasteiger partial charge on any atom is -0.454 e. The lowest BCUT2D eigenvalue weighted by Gasteiger charge is -2.09. The van der Waals surface area contributed by atoms with Crippen LogP contribution in [0.4, 0.5) is 4.39 Å². The molecule has 2 aromatic carbocycles. The van der Waals surface area contributed by atoms with E-state index in [4.69, 9.17) is 10.5 Å². The molecule has 0 radical (unpaired) electrons. The second kappa shape index (κ2) is 5.65. The Labute approximate surface area is 106 Å². The molecule has 0 aromatic heterocycles. The first-order chi connectivity index (χ1) is 8.65. The van der Waals surface area contributed by atoms with E-state index >= 15 is 0 Å². The van der Waals surface area contributed by atoms with Gasteiger partial charge in [0.05, 0.1) is 0 Å². The summed E-state index contributed by atoms with van der Waals surface area (Å²) < 4.78 is 19.0. The molecule has 0 spiro atoms. The van der Waals surface area contributed by atoms with Crippen molar-refractivity contribution in [1.82, 2.24) is 0 Å². The second-order valence-corrected chi connectivity index (χ2v) is 4.36. The van der Waals surface area contributed by atoms with Crippen LogP contribution >= 0.6 is 0 Å². The SMILES string of the molecule is CC(N)Cc1cccc(Oc2ccccc2F)c1. The van der Waals surface area contributed by atoms with Crippen molar-refractivity contribution in [2.45, 2.75) is 19.4 Å². The van der Waals surface area contributed by atoms with E-state index in [1.165, 1.54) is 6.07 Å². The van der Waals surface area contributed by atoms with E-state index in [0.29, 0.717) is 5.75 Å². The molecule has 2 N–H and O–H groups in total. The van der Waals surface area contributed by atoms with Crippen LogP contribution in [-0.4, -0.2) is 6.04 Å². The van der Waals surface area contributed by atoms with Gasteiger partial charge in [-0.15, -0.1) is 0 Å². The lowest BCUT2D eigenvalue weighted by molar-refractivity contribution is 0.441. The Morgan fingerprint density at radius 3 is 2.67 bits per heavy atom. The standard InChI is InChI=1S/C15H16FNO/c1-11(17)9-12-5-4-6-13(10-12)18-15-8-3-2-7-14(15)16/h2-8,10-11H,9,17H2,1H3. The van der Waals surface area contributed by atoms with Gasteiger partial charge in [0.25, 0.3) is 0 Å². The molecule has 18 heavy (non-hydrogen) atoms. The van der Waals surface area contributed by atoms with Crippen molar-refractivity contribution in [2.24, 2.45) is 5.73 Å². The molecular formula is C15H16FNO. The highest BCUT2D eigenvalue weighted by Gasteiger charge is 2.04. The highest BCUT2D eigenvalue weighted by molar-refractivity contribution is 5.34. The number of hydrogen-bond donors (Lipinski definition) is 1. The molecule has 0 aliphatic heterocycles. The van der Waals surface area contributed by atoms with Gasteiger partial charge in [-0.05, 0) is 43.2 Å². The number of para-hydroxylation sites is 1. The van der Waals surface area contributed by atoms with Crippen molar-refractivity contribution in [3.63, 3.8) is 0 Å². The molecule has 2 rings (SSSR count). The van der Waals surface area contributed by atoms with Gasteiger partial charge in [0.1, 0.15) is 5.75 Å². The zero-order valence-electron chi connectivity index (χ0n) is 10.3. The number of nitrogens with two attached hydrogens (primary N) is 1. The fourth-order valence-corrected chi connectivity index (χ4v) is 1.76. The van der Waals surface area contributed by atoms with E-state index < -0.39 is 0 Å². The maximum atomic E-state index is 13.4. The van der Waals surface area contributed by atoms with Crippen LogP contribution < -0.4 is 10.5 Å². The molecule has 0 fully saturated rings. The van der Waals surface area contributed by atoms with Gasteiger partial charge in [-0.2, -0.15) is 0 Å². The number of benzene rings is 2. The summed E-state index contributed by atoms with van der Waals surface area (Å²) in [4.78, 5) is 0. The summed E-state index contributed by atoms with van der Waals surface area (Å²) in [5.74, 6) is 0.490. The Morgan fingerprint density at radius 2 is 1.94 bits per heavy atom. The van der Waals surface area contributed by atoms with Crippen LogP contribution in [0.1, 0.15) is 12.5 Å². The molecule has 1 atom stereocenters. The lowest BCUT2D eigenvalue weighted by Crippen LogP contribution is -2.17. The molecule has 3 heteroatoms. The van der Waals surface area contributed by atoms with E-state index in [-0.39, 0.29) is 17.6 Å².